The van der Waals surface area contributed by atoms with Crippen LogP contribution in [0.5, 0.6) is 0 Å². The molecular weight excluding hydrogens is 128 g/mol. The summed E-state index contributed by atoms with van der Waals surface area (Å²) in [5.74, 6) is 0. The van der Waals surface area contributed by atoms with E-state index >= 15 is 0 Å². The maximum absolute atomic E-state index is 5.61. The van der Waals surface area contributed by atoms with Crippen LogP contribution in [0.4, 0.5) is 0 Å². The normalized spacial score (nSPS) is 36.3. The first-order chi connectivity index (χ1) is 4.69. The lowest BCUT2D eigenvalue weighted by molar-refractivity contribution is -0.0418. The van der Waals surface area contributed by atoms with Gasteiger partial charge < -0.3 is 10.5 Å². The number of nitrogens with two attached hydrogens (primary N) is 1. The summed E-state index contributed by atoms with van der Waals surface area (Å²) in [6.45, 7) is 5.40. The van der Waals surface area contributed by atoms with Gasteiger partial charge in [-0.15, -0.1) is 0 Å². The van der Waals surface area contributed by atoms with Crippen molar-refractivity contribution in [1.29, 1.82) is 0 Å². The van der Waals surface area contributed by atoms with Crippen LogP contribution in [0.2, 0.25) is 0 Å². The Morgan fingerprint density at radius 3 is 2.80 bits per heavy atom. The Balaban J connectivity index is 2.54. The number of ether oxygens (including phenoxy) is 1. The van der Waals surface area contributed by atoms with Gasteiger partial charge in [0, 0.05) is 13.1 Å². The molecule has 0 aromatic rings. The van der Waals surface area contributed by atoms with Crippen LogP contribution in [0.1, 0.15) is 6.92 Å². The largest absolute Gasteiger partial charge is 0.378 e. The summed E-state index contributed by atoms with van der Waals surface area (Å²) in [6, 6.07) is 0. The molecule has 1 aliphatic heterocycles. The van der Waals surface area contributed by atoms with Gasteiger partial charge in [0.1, 0.15) is 0 Å². The van der Waals surface area contributed by atoms with Crippen molar-refractivity contribution in [3.8, 4) is 0 Å². The van der Waals surface area contributed by atoms with Gasteiger partial charge in [-0.2, -0.15) is 0 Å². The number of rotatable bonds is 1. The lowest BCUT2D eigenvalue weighted by atomic mass is 10.0. The minimum absolute atomic E-state index is 0.0677. The lowest BCUT2D eigenvalue weighted by Crippen LogP contribution is -2.57. The molecule has 0 aromatic carbocycles. The first-order valence-corrected chi connectivity index (χ1v) is 3.68. The number of morpholine rings is 1. The van der Waals surface area contributed by atoms with E-state index in [0.29, 0.717) is 6.54 Å². The predicted molar refractivity (Wildman–Crippen MR) is 40.9 cm³/mol. The van der Waals surface area contributed by atoms with E-state index in [1.165, 1.54) is 0 Å². The number of hydrogen-bond acceptors (Lipinski definition) is 3. The van der Waals surface area contributed by atoms with Crippen LogP contribution in [-0.2, 0) is 4.74 Å². The van der Waals surface area contributed by atoms with Crippen molar-refractivity contribution in [3.05, 3.63) is 0 Å². The summed E-state index contributed by atoms with van der Waals surface area (Å²) in [7, 11) is 2.09. The van der Waals surface area contributed by atoms with Gasteiger partial charge in [-0.1, -0.05) is 0 Å². The second-order valence-corrected chi connectivity index (χ2v) is 3.18. The topological polar surface area (TPSA) is 38.5 Å². The molecule has 1 atom stereocenters. The summed E-state index contributed by atoms with van der Waals surface area (Å²) in [5, 5.41) is 0. The van der Waals surface area contributed by atoms with Crippen molar-refractivity contribution >= 4 is 0 Å². The summed E-state index contributed by atoms with van der Waals surface area (Å²) >= 11 is 0. The fourth-order valence-corrected chi connectivity index (χ4v) is 1.09. The highest BCUT2D eigenvalue weighted by Crippen LogP contribution is 2.15. The Morgan fingerprint density at radius 2 is 2.40 bits per heavy atom. The van der Waals surface area contributed by atoms with E-state index in [9.17, 15) is 0 Å². The minimum Gasteiger partial charge on any atom is -0.378 e. The van der Waals surface area contributed by atoms with Crippen molar-refractivity contribution in [1.82, 2.24) is 4.90 Å². The standard InChI is InChI=1S/C7H16N2O/c1-7(5-8)6-10-4-3-9(7)2/h3-6,8H2,1-2H3. The second kappa shape index (κ2) is 2.86. The monoisotopic (exact) mass is 144 g/mol. The second-order valence-electron chi connectivity index (χ2n) is 3.18. The highest BCUT2D eigenvalue weighted by atomic mass is 16.5. The van der Waals surface area contributed by atoms with E-state index in [-0.39, 0.29) is 5.54 Å². The molecular formula is C7H16N2O. The molecule has 3 heteroatoms. The molecule has 0 saturated carbocycles. The Labute approximate surface area is 62.1 Å². The lowest BCUT2D eigenvalue weighted by Gasteiger charge is -2.41. The molecule has 0 bridgehead atoms. The van der Waals surface area contributed by atoms with Crippen LogP contribution < -0.4 is 5.73 Å². The Bertz CT molecular complexity index is 118. The van der Waals surface area contributed by atoms with E-state index in [0.717, 1.165) is 19.8 Å². The summed E-state index contributed by atoms with van der Waals surface area (Å²) in [4.78, 5) is 2.26. The number of hydrogen-bond donors (Lipinski definition) is 1. The molecule has 3 nitrogen and oxygen atoms in total. The smallest absolute Gasteiger partial charge is 0.0660 e. The van der Waals surface area contributed by atoms with E-state index in [1.54, 1.807) is 0 Å². The van der Waals surface area contributed by atoms with Crippen molar-refractivity contribution in [2.45, 2.75) is 12.5 Å². The van der Waals surface area contributed by atoms with Crippen LogP contribution in [-0.4, -0.2) is 43.8 Å². The van der Waals surface area contributed by atoms with Gasteiger partial charge in [-0.05, 0) is 14.0 Å². The van der Waals surface area contributed by atoms with E-state index in [1.807, 2.05) is 0 Å². The molecule has 60 valence electrons. The highest BCUT2D eigenvalue weighted by Gasteiger charge is 2.30. The highest BCUT2D eigenvalue weighted by molar-refractivity contribution is 4.87. The molecule has 1 aliphatic rings. The van der Waals surface area contributed by atoms with Gasteiger partial charge in [0.2, 0.25) is 0 Å². The van der Waals surface area contributed by atoms with E-state index in [2.05, 4.69) is 18.9 Å². The fraction of sp³-hybridized carbons (Fsp3) is 1.00. The van der Waals surface area contributed by atoms with Gasteiger partial charge in [0.05, 0.1) is 18.8 Å². The average Bonchev–Trinajstić information content (AvgIpc) is 1.96. The Kier molecular flexibility index (Phi) is 2.28. The molecule has 1 saturated heterocycles. The first kappa shape index (κ1) is 7.98. The van der Waals surface area contributed by atoms with Crippen LogP contribution in [0, 0.1) is 0 Å². The zero-order chi connectivity index (χ0) is 7.61. The van der Waals surface area contributed by atoms with Crippen LogP contribution in [0.3, 0.4) is 0 Å². The zero-order valence-electron chi connectivity index (χ0n) is 6.76. The van der Waals surface area contributed by atoms with Gasteiger partial charge in [-0.25, -0.2) is 0 Å². The molecule has 0 aliphatic carbocycles. The fourth-order valence-electron chi connectivity index (χ4n) is 1.09. The maximum Gasteiger partial charge on any atom is 0.0660 e. The average molecular weight is 144 g/mol. The van der Waals surface area contributed by atoms with Crippen molar-refractivity contribution < 1.29 is 4.74 Å². The molecule has 0 radical (unpaired) electrons. The predicted octanol–water partition coefficient (Wildman–Crippen LogP) is -0.334. The van der Waals surface area contributed by atoms with Crippen molar-refractivity contribution in [3.63, 3.8) is 0 Å². The van der Waals surface area contributed by atoms with Gasteiger partial charge in [0.15, 0.2) is 0 Å². The van der Waals surface area contributed by atoms with Crippen molar-refractivity contribution in [2.75, 3.05) is 33.4 Å². The first-order valence-electron chi connectivity index (χ1n) is 3.68. The number of nitrogens with zero attached hydrogens (tertiary/aromatic N) is 1. The third kappa shape index (κ3) is 1.31. The summed E-state index contributed by atoms with van der Waals surface area (Å²) in [5.41, 5.74) is 5.67. The Hall–Kier alpha value is -0.120. The molecule has 2 N–H and O–H groups in total. The van der Waals surface area contributed by atoms with E-state index in [4.69, 9.17) is 10.5 Å². The van der Waals surface area contributed by atoms with Gasteiger partial charge in [-0.3, -0.25) is 4.90 Å². The Morgan fingerprint density at radius 1 is 1.70 bits per heavy atom. The molecule has 1 unspecified atom stereocenters. The summed E-state index contributed by atoms with van der Waals surface area (Å²) < 4.78 is 5.32. The van der Waals surface area contributed by atoms with Crippen molar-refractivity contribution in [2.24, 2.45) is 5.73 Å². The molecule has 0 amide bonds. The molecule has 0 aromatic heterocycles. The summed E-state index contributed by atoms with van der Waals surface area (Å²) in [6.07, 6.45) is 0. The quantitative estimate of drug-likeness (QED) is 0.547. The van der Waals surface area contributed by atoms with Gasteiger partial charge >= 0.3 is 0 Å². The van der Waals surface area contributed by atoms with Crippen LogP contribution in [0.25, 0.3) is 0 Å². The maximum atomic E-state index is 5.61. The zero-order valence-corrected chi connectivity index (χ0v) is 6.76. The van der Waals surface area contributed by atoms with Gasteiger partial charge in [0.25, 0.3) is 0 Å². The SMILES string of the molecule is CN1CCOCC1(C)CN. The molecule has 10 heavy (non-hydrogen) atoms. The van der Waals surface area contributed by atoms with E-state index < -0.39 is 0 Å². The third-order valence-corrected chi connectivity index (χ3v) is 2.35. The molecule has 1 heterocycles. The van der Waals surface area contributed by atoms with Crippen LogP contribution in [0.15, 0.2) is 0 Å². The van der Waals surface area contributed by atoms with Crippen LogP contribution >= 0.6 is 0 Å². The molecule has 1 rings (SSSR count). The third-order valence-electron chi connectivity index (χ3n) is 2.35. The number of likely N-dealkylation sites (N-methyl/N-ethyl adjacent to an activating group) is 1. The molecule has 1 fully saturated rings. The minimum atomic E-state index is 0.0677. The molecule has 0 spiro atoms.